The molecule has 4 nitrogen and oxygen atoms in total. The van der Waals surface area contributed by atoms with Gasteiger partial charge in [0.15, 0.2) is 0 Å². The van der Waals surface area contributed by atoms with Gasteiger partial charge in [-0.2, -0.15) is 0 Å². The Balaban J connectivity index is 1.54. The number of nitrogens with zero attached hydrogens (tertiary/aromatic N) is 3. The molecule has 1 aromatic rings. The van der Waals surface area contributed by atoms with Crippen molar-refractivity contribution in [2.75, 3.05) is 50.7 Å². The highest BCUT2D eigenvalue weighted by Crippen LogP contribution is 2.23. The van der Waals surface area contributed by atoms with Crippen molar-refractivity contribution in [2.45, 2.75) is 26.7 Å². The van der Waals surface area contributed by atoms with Gasteiger partial charge in [0, 0.05) is 45.0 Å². The summed E-state index contributed by atoms with van der Waals surface area (Å²) in [5.74, 6) is 0.317. The molecule has 22 heavy (non-hydrogen) atoms. The van der Waals surface area contributed by atoms with E-state index in [2.05, 4.69) is 41.8 Å². The molecule has 0 atom stereocenters. The standard InChI is InChI=1S/C18H27N3O/c1-15-6-5-7-17(16(15)2)20-12-10-19(11-13-20)14-18(22)21-8-3-4-9-21/h5-7H,3-4,8-14H2,1-2H3. The van der Waals surface area contributed by atoms with Gasteiger partial charge < -0.3 is 9.80 Å². The van der Waals surface area contributed by atoms with Crippen molar-refractivity contribution in [3.05, 3.63) is 29.3 Å². The van der Waals surface area contributed by atoms with Crippen molar-refractivity contribution < 1.29 is 4.79 Å². The predicted molar refractivity (Wildman–Crippen MR) is 90.4 cm³/mol. The van der Waals surface area contributed by atoms with Crippen LogP contribution in [0.25, 0.3) is 0 Å². The van der Waals surface area contributed by atoms with E-state index in [0.717, 1.165) is 39.3 Å². The maximum atomic E-state index is 12.2. The Hall–Kier alpha value is -1.55. The van der Waals surface area contributed by atoms with Crippen LogP contribution in [0.2, 0.25) is 0 Å². The second kappa shape index (κ2) is 6.69. The van der Waals surface area contributed by atoms with Crippen LogP contribution in [0.4, 0.5) is 5.69 Å². The lowest BCUT2D eigenvalue weighted by atomic mass is 10.1. The number of hydrogen-bond acceptors (Lipinski definition) is 3. The largest absolute Gasteiger partial charge is 0.369 e. The van der Waals surface area contributed by atoms with Crippen molar-refractivity contribution in [3.8, 4) is 0 Å². The third kappa shape index (κ3) is 3.27. The summed E-state index contributed by atoms with van der Waals surface area (Å²) in [5, 5.41) is 0. The van der Waals surface area contributed by atoms with E-state index in [-0.39, 0.29) is 0 Å². The number of piperazine rings is 1. The summed E-state index contributed by atoms with van der Waals surface area (Å²) < 4.78 is 0. The molecular formula is C18H27N3O. The van der Waals surface area contributed by atoms with E-state index in [9.17, 15) is 4.79 Å². The third-order valence-electron chi connectivity index (χ3n) is 5.11. The highest BCUT2D eigenvalue weighted by Gasteiger charge is 2.24. The molecule has 0 aromatic heterocycles. The fourth-order valence-electron chi connectivity index (χ4n) is 3.48. The number of anilines is 1. The number of amides is 1. The molecule has 2 fully saturated rings. The van der Waals surface area contributed by atoms with Gasteiger partial charge in [0.2, 0.25) is 5.91 Å². The first-order valence-electron chi connectivity index (χ1n) is 8.46. The molecule has 1 amide bonds. The third-order valence-corrected chi connectivity index (χ3v) is 5.11. The van der Waals surface area contributed by atoms with E-state index in [4.69, 9.17) is 0 Å². The second-order valence-electron chi connectivity index (χ2n) is 6.57. The van der Waals surface area contributed by atoms with Gasteiger partial charge in [-0.15, -0.1) is 0 Å². The minimum Gasteiger partial charge on any atom is -0.369 e. The number of carbonyl (C=O) groups is 1. The molecule has 2 saturated heterocycles. The first-order valence-corrected chi connectivity index (χ1v) is 8.46. The minimum absolute atomic E-state index is 0.317. The molecule has 0 unspecified atom stereocenters. The van der Waals surface area contributed by atoms with Crippen molar-refractivity contribution in [1.29, 1.82) is 0 Å². The molecule has 0 radical (unpaired) electrons. The normalized spacial score (nSPS) is 19.7. The van der Waals surface area contributed by atoms with Crippen LogP contribution in [-0.2, 0) is 4.79 Å². The molecule has 2 aliphatic rings. The minimum atomic E-state index is 0.317. The van der Waals surface area contributed by atoms with Crippen LogP contribution in [0, 0.1) is 13.8 Å². The van der Waals surface area contributed by atoms with Crippen LogP contribution < -0.4 is 4.90 Å². The molecule has 3 rings (SSSR count). The quantitative estimate of drug-likeness (QED) is 0.855. The number of carbonyl (C=O) groups excluding carboxylic acids is 1. The SMILES string of the molecule is Cc1cccc(N2CCN(CC(=O)N3CCCC3)CC2)c1C. The molecule has 0 spiro atoms. The van der Waals surface area contributed by atoms with Gasteiger partial charge in [-0.1, -0.05) is 12.1 Å². The molecular weight excluding hydrogens is 274 g/mol. The number of aryl methyl sites for hydroxylation is 1. The summed E-state index contributed by atoms with van der Waals surface area (Å²) in [6.45, 7) is 10.9. The summed E-state index contributed by atoms with van der Waals surface area (Å²) >= 11 is 0. The van der Waals surface area contributed by atoms with Crippen LogP contribution in [0.15, 0.2) is 18.2 Å². The summed E-state index contributed by atoms with van der Waals surface area (Å²) in [7, 11) is 0. The Morgan fingerprint density at radius 1 is 1.00 bits per heavy atom. The molecule has 0 saturated carbocycles. The Morgan fingerprint density at radius 3 is 2.36 bits per heavy atom. The van der Waals surface area contributed by atoms with E-state index in [1.54, 1.807) is 0 Å². The first kappa shape index (κ1) is 15.3. The van der Waals surface area contributed by atoms with Gasteiger partial charge in [0.1, 0.15) is 0 Å². The molecule has 0 aliphatic carbocycles. The topological polar surface area (TPSA) is 26.8 Å². The monoisotopic (exact) mass is 301 g/mol. The Labute approximate surface area is 133 Å². The summed E-state index contributed by atoms with van der Waals surface area (Å²) in [6, 6.07) is 6.53. The van der Waals surface area contributed by atoms with Gasteiger partial charge in [-0.05, 0) is 43.9 Å². The van der Waals surface area contributed by atoms with Gasteiger partial charge in [0.05, 0.1) is 6.54 Å². The Morgan fingerprint density at radius 2 is 1.68 bits per heavy atom. The van der Waals surface area contributed by atoms with Gasteiger partial charge >= 0.3 is 0 Å². The fraction of sp³-hybridized carbons (Fsp3) is 0.611. The zero-order valence-corrected chi connectivity index (χ0v) is 13.8. The van der Waals surface area contributed by atoms with Crippen LogP contribution in [-0.4, -0.2) is 61.5 Å². The molecule has 4 heteroatoms. The molecule has 2 aliphatic heterocycles. The highest BCUT2D eigenvalue weighted by atomic mass is 16.2. The Bertz CT molecular complexity index is 529. The number of rotatable bonds is 3. The summed E-state index contributed by atoms with van der Waals surface area (Å²) in [4.78, 5) is 19.0. The number of likely N-dealkylation sites (tertiary alicyclic amines) is 1. The molecule has 120 valence electrons. The average Bonchev–Trinajstić information content (AvgIpc) is 3.05. The summed E-state index contributed by atoms with van der Waals surface area (Å²) in [5.41, 5.74) is 4.08. The fourth-order valence-corrected chi connectivity index (χ4v) is 3.48. The van der Waals surface area contributed by atoms with Crippen LogP contribution >= 0.6 is 0 Å². The lowest BCUT2D eigenvalue weighted by molar-refractivity contribution is -0.131. The average molecular weight is 301 g/mol. The second-order valence-corrected chi connectivity index (χ2v) is 6.57. The van der Waals surface area contributed by atoms with Gasteiger partial charge in [0.25, 0.3) is 0 Å². The number of hydrogen-bond donors (Lipinski definition) is 0. The Kier molecular flexibility index (Phi) is 4.67. The van der Waals surface area contributed by atoms with Gasteiger partial charge in [-0.25, -0.2) is 0 Å². The highest BCUT2D eigenvalue weighted by molar-refractivity contribution is 5.78. The van der Waals surface area contributed by atoms with E-state index in [1.807, 2.05) is 4.90 Å². The maximum Gasteiger partial charge on any atom is 0.236 e. The van der Waals surface area contributed by atoms with E-state index >= 15 is 0 Å². The van der Waals surface area contributed by atoms with Gasteiger partial charge in [-0.3, -0.25) is 9.69 Å². The number of benzene rings is 1. The van der Waals surface area contributed by atoms with Crippen LogP contribution in [0.1, 0.15) is 24.0 Å². The van der Waals surface area contributed by atoms with E-state index in [0.29, 0.717) is 12.5 Å². The maximum absolute atomic E-state index is 12.2. The van der Waals surface area contributed by atoms with Crippen molar-refractivity contribution in [1.82, 2.24) is 9.80 Å². The smallest absolute Gasteiger partial charge is 0.236 e. The molecule has 0 bridgehead atoms. The molecule has 0 N–H and O–H groups in total. The van der Waals surface area contributed by atoms with Crippen LogP contribution in [0.5, 0.6) is 0 Å². The molecule has 2 heterocycles. The first-order chi connectivity index (χ1) is 10.6. The van der Waals surface area contributed by atoms with Crippen molar-refractivity contribution in [2.24, 2.45) is 0 Å². The zero-order chi connectivity index (χ0) is 15.5. The lowest BCUT2D eigenvalue weighted by Gasteiger charge is -2.37. The molecule has 1 aromatic carbocycles. The van der Waals surface area contributed by atoms with E-state index < -0.39 is 0 Å². The zero-order valence-electron chi connectivity index (χ0n) is 13.8. The van der Waals surface area contributed by atoms with Crippen molar-refractivity contribution >= 4 is 11.6 Å². The van der Waals surface area contributed by atoms with E-state index in [1.165, 1.54) is 29.7 Å². The van der Waals surface area contributed by atoms with Crippen LogP contribution in [0.3, 0.4) is 0 Å². The lowest BCUT2D eigenvalue weighted by Crippen LogP contribution is -2.50. The van der Waals surface area contributed by atoms with Crippen molar-refractivity contribution in [3.63, 3.8) is 0 Å². The summed E-state index contributed by atoms with van der Waals surface area (Å²) in [6.07, 6.45) is 2.35. The predicted octanol–water partition coefficient (Wildman–Crippen LogP) is 2.05.